The van der Waals surface area contributed by atoms with Crippen LogP contribution in [0.15, 0.2) is 4.99 Å². The summed E-state index contributed by atoms with van der Waals surface area (Å²) < 4.78 is 0. The molecule has 0 aromatic heterocycles. The lowest BCUT2D eigenvalue weighted by molar-refractivity contribution is -0.143. The standard InChI is InChI=1S/C20H38N8O6S/c1-10(2)15(19(33)34)28-18(32)13(9-14(22)29)27-17(31)12(6-8-35-3)26-16(30)11(21)5-4-7-25-20(23)24/h10-13,15H,4-9,21H2,1-3H3,(H2,22,29)(H,26,30)(H,27,31)(H,28,32)(H,33,34)(H4,23,24,25)/t11-,12-,13-,15-/m0/s1. The maximum absolute atomic E-state index is 12.9. The average molecular weight is 519 g/mol. The summed E-state index contributed by atoms with van der Waals surface area (Å²) in [4.78, 5) is 64.8. The molecule has 12 N–H and O–H groups in total. The normalized spacial score (nSPS) is 14.2. The van der Waals surface area contributed by atoms with Crippen LogP contribution >= 0.6 is 11.8 Å². The van der Waals surface area contributed by atoms with Gasteiger partial charge in [-0.3, -0.25) is 24.2 Å². The molecule has 200 valence electrons. The molecule has 0 unspecified atom stereocenters. The van der Waals surface area contributed by atoms with E-state index in [2.05, 4.69) is 20.9 Å². The molecule has 0 saturated heterocycles. The van der Waals surface area contributed by atoms with E-state index >= 15 is 0 Å². The minimum absolute atomic E-state index is 0.0746. The summed E-state index contributed by atoms with van der Waals surface area (Å²) in [6.45, 7) is 3.47. The monoisotopic (exact) mass is 518 g/mol. The summed E-state index contributed by atoms with van der Waals surface area (Å²) >= 11 is 1.43. The first-order valence-electron chi connectivity index (χ1n) is 11.0. The van der Waals surface area contributed by atoms with Crippen LogP contribution in [0, 0.1) is 5.92 Å². The van der Waals surface area contributed by atoms with Crippen LogP contribution < -0.4 is 38.9 Å². The zero-order valence-corrected chi connectivity index (χ0v) is 21.1. The van der Waals surface area contributed by atoms with Gasteiger partial charge in [0.25, 0.3) is 0 Å². The molecule has 0 aliphatic carbocycles. The lowest BCUT2D eigenvalue weighted by atomic mass is 10.0. The van der Waals surface area contributed by atoms with Gasteiger partial charge in [0.05, 0.1) is 12.5 Å². The Bertz CT molecular complexity index is 775. The number of nitrogens with two attached hydrogens (primary N) is 4. The average Bonchev–Trinajstić information content (AvgIpc) is 2.75. The number of nitrogens with one attached hydrogen (secondary N) is 3. The van der Waals surface area contributed by atoms with Crippen molar-refractivity contribution in [2.75, 3.05) is 18.6 Å². The van der Waals surface area contributed by atoms with Gasteiger partial charge in [0.15, 0.2) is 5.96 Å². The quantitative estimate of drug-likeness (QED) is 0.0556. The van der Waals surface area contributed by atoms with Crippen molar-refractivity contribution in [2.45, 2.75) is 63.7 Å². The molecule has 0 aliphatic heterocycles. The third-order valence-electron chi connectivity index (χ3n) is 4.82. The molecule has 0 bridgehead atoms. The van der Waals surface area contributed by atoms with E-state index in [0.717, 1.165) is 0 Å². The molecule has 15 heteroatoms. The molecule has 0 saturated carbocycles. The largest absolute Gasteiger partial charge is 0.480 e. The number of amides is 4. The summed E-state index contributed by atoms with van der Waals surface area (Å²) in [5, 5.41) is 16.6. The number of aliphatic imine (C=N–C) groups is 1. The third kappa shape index (κ3) is 13.4. The van der Waals surface area contributed by atoms with Crippen molar-refractivity contribution in [3.8, 4) is 0 Å². The van der Waals surface area contributed by atoms with E-state index in [1.165, 1.54) is 11.8 Å². The zero-order valence-electron chi connectivity index (χ0n) is 20.3. The predicted octanol–water partition coefficient (Wildman–Crippen LogP) is -2.81. The number of hydrogen-bond acceptors (Lipinski definition) is 8. The zero-order chi connectivity index (χ0) is 27.1. The van der Waals surface area contributed by atoms with Crippen LogP contribution in [0.1, 0.15) is 39.5 Å². The van der Waals surface area contributed by atoms with Crippen molar-refractivity contribution < 1.29 is 29.1 Å². The molecule has 35 heavy (non-hydrogen) atoms. The number of carbonyl (C=O) groups is 5. The van der Waals surface area contributed by atoms with Crippen LogP contribution in [0.4, 0.5) is 0 Å². The molecule has 4 amide bonds. The fourth-order valence-electron chi connectivity index (χ4n) is 2.88. The number of primary amides is 1. The van der Waals surface area contributed by atoms with E-state index in [9.17, 15) is 29.1 Å². The van der Waals surface area contributed by atoms with Crippen LogP contribution in [0.5, 0.6) is 0 Å². The number of carboxylic acid groups (broad SMARTS) is 1. The molecule has 14 nitrogen and oxygen atoms in total. The summed E-state index contributed by atoms with van der Waals surface area (Å²) in [6, 6.07) is -4.65. The van der Waals surface area contributed by atoms with Gasteiger partial charge in [-0.05, 0) is 37.2 Å². The minimum atomic E-state index is -1.43. The smallest absolute Gasteiger partial charge is 0.326 e. The van der Waals surface area contributed by atoms with E-state index in [0.29, 0.717) is 12.2 Å². The predicted molar refractivity (Wildman–Crippen MR) is 133 cm³/mol. The van der Waals surface area contributed by atoms with Crippen molar-refractivity contribution in [1.29, 1.82) is 0 Å². The van der Waals surface area contributed by atoms with E-state index in [-0.39, 0.29) is 25.3 Å². The Balaban J connectivity index is 5.37. The first kappa shape index (κ1) is 31.9. The van der Waals surface area contributed by atoms with Gasteiger partial charge in [-0.1, -0.05) is 13.8 Å². The van der Waals surface area contributed by atoms with E-state index in [4.69, 9.17) is 22.9 Å². The van der Waals surface area contributed by atoms with Crippen molar-refractivity contribution in [1.82, 2.24) is 16.0 Å². The molecule has 0 spiro atoms. The fraction of sp³-hybridized carbons (Fsp3) is 0.700. The van der Waals surface area contributed by atoms with E-state index < -0.39 is 66.1 Å². The number of thioether (sulfide) groups is 1. The van der Waals surface area contributed by atoms with Gasteiger partial charge in [-0.25, -0.2) is 4.79 Å². The lowest BCUT2D eigenvalue weighted by Gasteiger charge is -2.25. The number of carbonyl (C=O) groups excluding carboxylic acids is 4. The Morgan fingerprint density at radius 1 is 0.914 bits per heavy atom. The summed E-state index contributed by atoms with van der Waals surface area (Å²) in [6.07, 6.45) is 2.17. The van der Waals surface area contributed by atoms with Crippen molar-refractivity contribution >= 4 is 47.3 Å². The third-order valence-corrected chi connectivity index (χ3v) is 5.46. The molecule has 4 atom stereocenters. The van der Waals surface area contributed by atoms with Gasteiger partial charge in [-0.2, -0.15) is 11.8 Å². The Morgan fingerprint density at radius 2 is 1.49 bits per heavy atom. The Labute approximate surface area is 208 Å². The van der Waals surface area contributed by atoms with Crippen LogP contribution in [-0.2, 0) is 24.0 Å². The van der Waals surface area contributed by atoms with Gasteiger partial charge in [0.2, 0.25) is 23.6 Å². The molecule has 0 aromatic carbocycles. The summed E-state index contributed by atoms with van der Waals surface area (Å²) in [7, 11) is 0. The maximum atomic E-state index is 12.9. The van der Waals surface area contributed by atoms with Gasteiger partial charge in [-0.15, -0.1) is 0 Å². The van der Waals surface area contributed by atoms with Crippen LogP contribution in [0.2, 0.25) is 0 Å². The minimum Gasteiger partial charge on any atom is -0.480 e. The lowest BCUT2D eigenvalue weighted by Crippen LogP contribution is -2.58. The highest BCUT2D eigenvalue weighted by Gasteiger charge is 2.32. The van der Waals surface area contributed by atoms with Gasteiger partial charge < -0.3 is 44.0 Å². The van der Waals surface area contributed by atoms with Crippen LogP contribution in [0.25, 0.3) is 0 Å². The van der Waals surface area contributed by atoms with Crippen LogP contribution in [-0.4, -0.2) is 83.4 Å². The first-order chi connectivity index (χ1) is 16.3. The second kappa shape index (κ2) is 16.5. The number of carboxylic acids is 1. The molecule has 0 heterocycles. The van der Waals surface area contributed by atoms with Gasteiger partial charge in [0, 0.05) is 6.54 Å². The molecular weight excluding hydrogens is 480 g/mol. The Hall–Kier alpha value is -3.07. The number of rotatable bonds is 17. The Kier molecular flexibility index (Phi) is 15.1. The highest BCUT2D eigenvalue weighted by molar-refractivity contribution is 7.98. The molecule has 0 aliphatic rings. The number of hydrogen-bond donors (Lipinski definition) is 8. The van der Waals surface area contributed by atoms with Crippen molar-refractivity contribution in [3.63, 3.8) is 0 Å². The van der Waals surface area contributed by atoms with Crippen molar-refractivity contribution in [2.24, 2.45) is 33.8 Å². The second-order valence-corrected chi connectivity index (χ2v) is 9.18. The Morgan fingerprint density at radius 3 is 1.97 bits per heavy atom. The molecule has 0 fully saturated rings. The maximum Gasteiger partial charge on any atom is 0.326 e. The number of guanidine groups is 1. The van der Waals surface area contributed by atoms with Gasteiger partial charge >= 0.3 is 5.97 Å². The molecular formula is C20H38N8O6S. The van der Waals surface area contributed by atoms with Crippen LogP contribution in [0.3, 0.4) is 0 Å². The SMILES string of the molecule is CSCC[C@H](NC(=O)[C@@H](N)CCCN=C(N)N)C(=O)N[C@@H](CC(N)=O)C(=O)N[C@H](C(=O)O)C(C)C. The second-order valence-electron chi connectivity index (χ2n) is 8.20. The topological polar surface area (TPSA) is 258 Å². The number of nitrogens with zero attached hydrogens (tertiary/aromatic N) is 1. The first-order valence-corrected chi connectivity index (χ1v) is 12.4. The number of aliphatic carboxylic acids is 1. The van der Waals surface area contributed by atoms with E-state index in [1.807, 2.05) is 6.26 Å². The molecule has 0 radical (unpaired) electrons. The van der Waals surface area contributed by atoms with Gasteiger partial charge in [0.1, 0.15) is 18.1 Å². The summed E-state index contributed by atoms with van der Waals surface area (Å²) in [5.74, 6) is -4.39. The highest BCUT2D eigenvalue weighted by Crippen LogP contribution is 2.06. The molecule has 0 rings (SSSR count). The fourth-order valence-corrected chi connectivity index (χ4v) is 3.36. The highest BCUT2D eigenvalue weighted by atomic mass is 32.2. The van der Waals surface area contributed by atoms with E-state index in [1.54, 1.807) is 13.8 Å². The molecule has 0 aromatic rings. The van der Waals surface area contributed by atoms with Crippen molar-refractivity contribution in [3.05, 3.63) is 0 Å². The summed E-state index contributed by atoms with van der Waals surface area (Å²) in [5.41, 5.74) is 21.6.